The summed E-state index contributed by atoms with van der Waals surface area (Å²) in [6.07, 6.45) is 4.49. The summed E-state index contributed by atoms with van der Waals surface area (Å²) in [5.74, 6) is 0.101. The molecule has 1 atom stereocenters. The summed E-state index contributed by atoms with van der Waals surface area (Å²) < 4.78 is 1.61. The highest BCUT2D eigenvalue weighted by Gasteiger charge is 2.15. The number of rotatable bonds is 7. The summed E-state index contributed by atoms with van der Waals surface area (Å²) in [6, 6.07) is 0.404. The van der Waals surface area contributed by atoms with Gasteiger partial charge in [-0.15, -0.1) is 0 Å². The Bertz CT molecular complexity index is 379. The molecule has 0 aliphatic carbocycles. The van der Waals surface area contributed by atoms with E-state index in [4.69, 9.17) is 5.11 Å². The lowest BCUT2D eigenvalue weighted by atomic mass is 10.2. The fourth-order valence-corrected chi connectivity index (χ4v) is 2.37. The maximum absolute atomic E-state index is 11.0. The van der Waals surface area contributed by atoms with Crippen molar-refractivity contribution < 1.29 is 9.90 Å². The van der Waals surface area contributed by atoms with Gasteiger partial charge >= 0.3 is 5.97 Å². The van der Waals surface area contributed by atoms with Crippen LogP contribution in [-0.4, -0.2) is 38.9 Å². The zero-order valence-electron chi connectivity index (χ0n) is 10.4. The number of nitrogens with zero attached hydrogens (tertiary/aromatic N) is 2. The van der Waals surface area contributed by atoms with E-state index in [1.807, 2.05) is 0 Å². The summed E-state index contributed by atoms with van der Waals surface area (Å²) in [6.45, 7) is 2.66. The Morgan fingerprint density at radius 3 is 2.94 bits per heavy atom. The van der Waals surface area contributed by atoms with Gasteiger partial charge in [0.1, 0.15) is 5.56 Å². The number of carboxylic acids is 1. The van der Waals surface area contributed by atoms with Crippen molar-refractivity contribution in [3.8, 4) is 0 Å². The molecule has 0 bridgehead atoms. The molecule has 0 fully saturated rings. The van der Waals surface area contributed by atoms with Crippen molar-refractivity contribution in [1.29, 1.82) is 0 Å². The molecule has 0 saturated carbocycles. The zero-order chi connectivity index (χ0) is 12.8. The van der Waals surface area contributed by atoms with Gasteiger partial charge in [0, 0.05) is 25.4 Å². The number of hydrogen-bond donors (Lipinski definition) is 2. The van der Waals surface area contributed by atoms with Crippen molar-refractivity contribution in [2.45, 2.75) is 25.9 Å². The van der Waals surface area contributed by atoms with E-state index in [1.54, 1.807) is 23.5 Å². The summed E-state index contributed by atoms with van der Waals surface area (Å²) >= 11 is 1.78. The van der Waals surface area contributed by atoms with Gasteiger partial charge in [0.05, 0.1) is 11.9 Å². The molecule has 0 spiro atoms. The number of aromatic carboxylic acids is 1. The second kappa shape index (κ2) is 6.66. The van der Waals surface area contributed by atoms with Crippen LogP contribution in [0.2, 0.25) is 0 Å². The van der Waals surface area contributed by atoms with Gasteiger partial charge in [0.25, 0.3) is 0 Å². The highest BCUT2D eigenvalue weighted by molar-refractivity contribution is 7.98. The molecule has 0 aliphatic rings. The Balaban J connectivity index is 2.67. The van der Waals surface area contributed by atoms with E-state index in [0.29, 0.717) is 12.6 Å². The highest BCUT2D eigenvalue weighted by Crippen LogP contribution is 2.09. The van der Waals surface area contributed by atoms with Crippen molar-refractivity contribution in [2.24, 2.45) is 7.05 Å². The van der Waals surface area contributed by atoms with Crippen LogP contribution in [0.3, 0.4) is 0 Å². The molecule has 1 aromatic heterocycles. The fourth-order valence-electron chi connectivity index (χ4n) is 1.61. The molecule has 96 valence electrons. The number of aryl methyl sites for hydroxylation is 1. The van der Waals surface area contributed by atoms with Crippen LogP contribution in [0.1, 0.15) is 29.4 Å². The first kappa shape index (κ1) is 14.1. The molecule has 0 aliphatic heterocycles. The van der Waals surface area contributed by atoms with Crippen molar-refractivity contribution in [1.82, 2.24) is 15.1 Å². The fraction of sp³-hybridized carbons (Fsp3) is 0.636. The summed E-state index contributed by atoms with van der Waals surface area (Å²) in [4.78, 5) is 11.0. The molecule has 17 heavy (non-hydrogen) atoms. The second-order valence-corrected chi connectivity index (χ2v) is 4.79. The van der Waals surface area contributed by atoms with Crippen LogP contribution in [0, 0.1) is 0 Å². The van der Waals surface area contributed by atoms with Crippen LogP contribution in [0.5, 0.6) is 0 Å². The molecule has 0 aromatic carbocycles. The van der Waals surface area contributed by atoms with Crippen LogP contribution in [0.15, 0.2) is 6.20 Å². The summed E-state index contributed by atoms with van der Waals surface area (Å²) in [5.41, 5.74) is 0.996. The highest BCUT2D eigenvalue weighted by atomic mass is 32.2. The van der Waals surface area contributed by atoms with Crippen molar-refractivity contribution >= 4 is 17.7 Å². The Morgan fingerprint density at radius 2 is 2.41 bits per heavy atom. The Kier molecular flexibility index (Phi) is 5.50. The third kappa shape index (κ3) is 3.74. The minimum Gasteiger partial charge on any atom is -0.478 e. The molecule has 1 unspecified atom stereocenters. The summed E-state index contributed by atoms with van der Waals surface area (Å²) in [7, 11) is 1.76. The average molecular weight is 257 g/mol. The molecule has 2 N–H and O–H groups in total. The van der Waals surface area contributed by atoms with Crippen LogP contribution in [-0.2, 0) is 13.6 Å². The smallest absolute Gasteiger partial charge is 0.339 e. The van der Waals surface area contributed by atoms with Gasteiger partial charge < -0.3 is 10.4 Å². The van der Waals surface area contributed by atoms with Crippen molar-refractivity contribution in [3.05, 3.63) is 17.5 Å². The second-order valence-electron chi connectivity index (χ2n) is 3.88. The van der Waals surface area contributed by atoms with Crippen molar-refractivity contribution in [3.63, 3.8) is 0 Å². The number of hydrogen-bond acceptors (Lipinski definition) is 4. The van der Waals surface area contributed by atoms with Gasteiger partial charge in [-0.25, -0.2) is 4.79 Å². The van der Waals surface area contributed by atoms with E-state index in [1.165, 1.54) is 6.20 Å². The quantitative estimate of drug-likeness (QED) is 0.772. The number of carboxylic acid groups (broad SMARTS) is 1. The van der Waals surface area contributed by atoms with Gasteiger partial charge in [-0.3, -0.25) is 4.68 Å². The maximum atomic E-state index is 11.0. The van der Waals surface area contributed by atoms with Gasteiger partial charge in [-0.05, 0) is 12.7 Å². The maximum Gasteiger partial charge on any atom is 0.339 e. The molecule has 5 nitrogen and oxygen atoms in total. The van der Waals surface area contributed by atoms with Crippen molar-refractivity contribution in [2.75, 3.05) is 12.0 Å². The predicted molar refractivity (Wildman–Crippen MR) is 69.5 cm³/mol. The zero-order valence-corrected chi connectivity index (χ0v) is 11.3. The third-order valence-electron chi connectivity index (χ3n) is 2.71. The van der Waals surface area contributed by atoms with E-state index in [9.17, 15) is 4.79 Å². The van der Waals surface area contributed by atoms with Gasteiger partial charge in [0.2, 0.25) is 0 Å². The number of aromatic nitrogens is 2. The summed E-state index contributed by atoms with van der Waals surface area (Å²) in [5, 5.41) is 16.4. The molecule has 6 heteroatoms. The molecule has 0 radical (unpaired) electrons. The van der Waals surface area contributed by atoms with Gasteiger partial charge in [0.15, 0.2) is 0 Å². The third-order valence-corrected chi connectivity index (χ3v) is 3.45. The van der Waals surface area contributed by atoms with Gasteiger partial charge in [-0.2, -0.15) is 16.9 Å². The number of nitrogens with one attached hydrogen (secondary N) is 1. The minimum atomic E-state index is -0.923. The lowest BCUT2D eigenvalue weighted by Crippen LogP contribution is -2.31. The Hall–Kier alpha value is -1.01. The normalized spacial score (nSPS) is 12.6. The topological polar surface area (TPSA) is 67.2 Å². The van der Waals surface area contributed by atoms with E-state index in [0.717, 1.165) is 17.9 Å². The van der Waals surface area contributed by atoms with Crippen LogP contribution in [0.25, 0.3) is 0 Å². The monoisotopic (exact) mass is 257 g/mol. The largest absolute Gasteiger partial charge is 0.478 e. The van der Waals surface area contributed by atoms with E-state index in [-0.39, 0.29) is 5.56 Å². The SMILES string of the molecule is CCC(CSC)NCc1c(C(=O)O)cnn1C. The molecule has 1 heterocycles. The van der Waals surface area contributed by atoms with Crippen LogP contribution >= 0.6 is 11.8 Å². The Labute approximate surface area is 106 Å². The van der Waals surface area contributed by atoms with E-state index in [2.05, 4.69) is 23.6 Å². The first-order valence-corrected chi connectivity index (χ1v) is 6.96. The standard InChI is InChI=1S/C11H19N3O2S/c1-4-8(7-17-3)12-6-10-9(11(15)16)5-13-14(10)2/h5,8,12H,4,6-7H2,1-3H3,(H,15,16). The molecular formula is C11H19N3O2S. The molecule has 0 saturated heterocycles. The first-order valence-electron chi connectivity index (χ1n) is 5.56. The lowest BCUT2D eigenvalue weighted by molar-refractivity contribution is 0.0695. The van der Waals surface area contributed by atoms with Crippen LogP contribution in [0.4, 0.5) is 0 Å². The first-order chi connectivity index (χ1) is 8.10. The molecule has 1 aromatic rings. The van der Waals surface area contributed by atoms with E-state index >= 15 is 0 Å². The number of carbonyl (C=O) groups is 1. The molecule has 0 amide bonds. The molecule has 1 rings (SSSR count). The van der Waals surface area contributed by atoms with Crippen LogP contribution < -0.4 is 5.32 Å². The number of thioether (sulfide) groups is 1. The lowest BCUT2D eigenvalue weighted by Gasteiger charge is -2.16. The minimum absolute atomic E-state index is 0.277. The Morgan fingerprint density at radius 1 is 1.71 bits per heavy atom. The molecular weight excluding hydrogens is 238 g/mol. The van der Waals surface area contributed by atoms with E-state index < -0.39 is 5.97 Å². The predicted octanol–water partition coefficient (Wildman–Crippen LogP) is 1.35. The van der Waals surface area contributed by atoms with Gasteiger partial charge in [-0.1, -0.05) is 6.92 Å². The average Bonchev–Trinajstić information content (AvgIpc) is 2.66.